The molecule has 0 saturated carbocycles. The molecule has 0 radical (unpaired) electrons. The molecule has 2 aromatic rings. The van der Waals surface area contributed by atoms with E-state index in [4.69, 9.17) is 9.47 Å². The molecule has 0 aliphatic carbocycles. The maximum Gasteiger partial charge on any atom is 0.244 e. The summed E-state index contributed by atoms with van der Waals surface area (Å²) in [5, 5.41) is 3.02. The van der Waals surface area contributed by atoms with Crippen LogP contribution in [0.5, 0.6) is 11.5 Å². The van der Waals surface area contributed by atoms with Crippen LogP contribution in [0.2, 0.25) is 0 Å². The fourth-order valence-corrected chi connectivity index (χ4v) is 5.52. The third-order valence-corrected chi connectivity index (χ3v) is 7.82. The average Bonchev–Trinajstić information content (AvgIpc) is 3.30. The van der Waals surface area contributed by atoms with E-state index in [1.165, 1.54) is 22.3 Å². The number of sulfonamides is 1. The second kappa shape index (κ2) is 8.83. The molecule has 0 unspecified atom stereocenters. The second-order valence-corrected chi connectivity index (χ2v) is 10.4. The Labute approximate surface area is 180 Å². The normalized spacial score (nSPS) is 17.5. The van der Waals surface area contributed by atoms with E-state index in [-0.39, 0.29) is 10.8 Å². The van der Waals surface area contributed by atoms with Gasteiger partial charge in [0.1, 0.15) is 18.1 Å². The van der Waals surface area contributed by atoms with Crippen LogP contribution < -0.4 is 14.8 Å². The van der Waals surface area contributed by atoms with Crippen molar-refractivity contribution in [1.29, 1.82) is 0 Å². The van der Waals surface area contributed by atoms with Gasteiger partial charge in [0, 0.05) is 31.0 Å². The maximum absolute atomic E-state index is 12.6. The third-order valence-electron chi connectivity index (χ3n) is 4.89. The minimum absolute atomic E-state index is 0.183. The highest BCUT2D eigenvalue weighted by molar-refractivity contribution is 8.00. The first-order valence-corrected chi connectivity index (χ1v) is 12.1. The van der Waals surface area contributed by atoms with Gasteiger partial charge >= 0.3 is 0 Å². The standard InChI is InChI=1S/C20H23N3O5S2/c1-14(20(24)22-15-4-6-17-18(12-15)28-11-10-27-17)29-19-7-5-16(13-21-19)30(25,26)23-8-2-3-9-23/h4-7,12-14H,2-3,8-11H2,1H3,(H,22,24)/t14-/m1/s1. The van der Waals surface area contributed by atoms with E-state index in [9.17, 15) is 13.2 Å². The highest BCUT2D eigenvalue weighted by atomic mass is 32.2. The maximum atomic E-state index is 12.6. The molecular formula is C20H23N3O5S2. The quantitative estimate of drug-likeness (QED) is 0.677. The number of pyridine rings is 1. The Bertz CT molecular complexity index is 1020. The molecule has 1 amide bonds. The Hall–Kier alpha value is -2.30. The molecule has 1 aromatic carbocycles. The Morgan fingerprint density at radius 3 is 2.57 bits per heavy atom. The van der Waals surface area contributed by atoms with Gasteiger partial charge in [-0.25, -0.2) is 13.4 Å². The lowest BCUT2D eigenvalue weighted by Gasteiger charge is -2.19. The number of nitrogens with one attached hydrogen (secondary N) is 1. The van der Waals surface area contributed by atoms with Crippen molar-refractivity contribution >= 4 is 33.4 Å². The van der Waals surface area contributed by atoms with Gasteiger partial charge in [0.05, 0.1) is 10.3 Å². The lowest BCUT2D eigenvalue weighted by atomic mass is 10.2. The van der Waals surface area contributed by atoms with Crippen LogP contribution in [0, 0.1) is 0 Å². The monoisotopic (exact) mass is 449 g/mol. The fraction of sp³-hybridized carbons (Fsp3) is 0.400. The van der Waals surface area contributed by atoms with Gasteiger partial charge in [0.25, 0.3) is 0 Å². The van der Waals surface area contributed by atoms with Gasteiger partial charge in [0.2, 0.25) is 15.9 Å². The largest absolute Gasteiger partial charge is 0.486 e. The predicted octanol–water partition coefficient (Wildman–Crippen LogP) is 2.76. The number of ether oxygens (including phenoxy) is 2. The number of thioether (sulfide) groups is 1. The SMILES string of the molecule is C[C@@H](Sc1ccc(S(=O)(=O)N2CCCC2)cn1)C(=O)Nc1ccc2c(c1)OCCO2. The van der Waals surface area contributed by atoms with Crippen LogP contribution in [0.1, 0.15) is 19.8 Å². The summed E-state index contributed by atoms with van der Waals surface area (Å²) in [6.45, 7) is 3.86. The molecule has 0 bridgehead atoms. The van der Waals surface area contributed by atoms with Crippen molar-refractivity contribution in [2.24, 2.45) is 0 Å². The predicted molar refractivity (Wildman–Crippen MR) is 114 cm³/mol. The van der Waals surface area contributed by atoms with E-state index < -0.39 is 15.3 Å². The van der Waals surface area contributed by atoms with Gasteiger partial charge in [-0.05, 0) is 44.0 Å². The van der Waals surface area contributed by atoms with E-state index in [1.807, 2.05) is 0 Å². The van der Waals surface area contributed by atoms with Gasteiger partial charge in [-0.2, -0.15) is 4.31 Å². The van der Waals surface area contributed by atoms with Crippen LogP contribution in [0.4, 0.5) is 5.69 Å². The molecule has 1 aromatic heterocycles. The summed E-state index contributed by atoms with van der Waals surface area (Å²) >= 11 is 1.26. The van der Waals surface area contributed by atoms with Crippen molar-refractivity contribution in [2.75, 3.05) is 31.6 Å². The summed E-state index contributed by atoms with van der Waals surface area (Å²) < 4.78 is 37.7. The number of anilines is 1. The van der Waals surface area contributed by atoms with Crippen molar-refractivity contribution in [3.05, 3.63) is 36.5 Å². The Morgan fingerprint density at radius 1 is 1.13 bits per heavy atom. The molecule has 30 heavy (non-hydrogen) atoms. The Kier molecular flexibility index (Phi) is 6.16. The highest BCUT2D eigenvalue weighted by Gasteiger charge is 2.27. The summed E-state index contributed by atoms with van der Waals surface area (Å²) in [5.74, 6) is 1.08. The molecule has 2 aliphatic heterocycles. The van der Waals surface area contributed by atoms with Crippen molar-refractivity contribution in [3.63, 3.8) is 0 Å². The summed E-state index contributed by atoms with van der Waals surface area (Å²) in [7, 11) is -3.49. The fourth-order valence-electron chi connectivity index (χ4n) is 3.27. The van der Waals surface area contributed by atoms with Gasteiger partial charge in [-0.1, -0.05) is 11.8 Å². The minimum Gasteiger partial charge on any atom is -0.486 e. The van der Waals surface area contributed by atoms with Gasteiger partial charge in [-0.15, -0.1) is 0 Å². The number of benzene rings is 1. The first-order chi connectivity index (χ1) is 14.4. The van der Waals surface area contributed by atoms with Crippen molar-refractivity contribution in [3.8, 4) is 11.5 Å². The highest BCUT2D eigenvalue weighted by Crippen LogP contribution is 2.33. The molecule has 1 fully saturated rings. The molecule has 2 aliphatic rings. The molecule has 1 atom stereocenters. The van der Waals surface area contributed by atoms with Crippen LogP contribution in [0.3, 0.4) is 0 Å². The van der Waals surface area contributed by atoms with Crippen molar-refractivity contribution < 1.29 is 22.7 Å². The van der Waals surface area contributed by atoms with E-state index in [0.29, 0.717) is 48.5 Å². The summed E-state index contributed by atoms with van der Waals surface area (Å²) in [6, 6.07) is 8.46. The third kappa shape index (κ3) is 4.55. The summed E-state index contributed by atoms with van der Waals surface area (Å²) in [5.41, 5.74) is 0.622. The van der Waals surface area contributed by atoms with Crippen LogP contribution in [0.25, 0.3) is 0 Å². The van der Waals surface area contributed by atoms with Gasteiger partial charge in [0.15, 0.2) is 11.5 Å². The number of fused-ring (bicyclic) bond motifs is 1. The number of rotatable bonds is 6. The lowest BCUT2D eigenvalue weighted by molar-refractivity contribution is -0.115. The van der Waals surface area contributed by atoms with Crippen LogP contribution in [-0.4, -0.2) is 55.2 Å². The summed E-state index contributed by atoms with van der Waals surface area (Å²) in [4.78, 5) is 17.0. The lowest BCUT2D eigenvalue weighted by Crippen LogP contribution is -2.28. The zero-order valence-corrected chi connectivity index (χ0v) is 18.2. The van der Waals surface area contributed by atoms with E-state index in [2.05, 4.69) is 10.3 Å². The van der Waals surface area contributed by atoms with Gasteiger partial charge in [-0.3, -0.25) is 4.79 Å². The molecule has 10 heteroatoms. The van der Waals surface area contributed by atoms with E-state index in [0.717, 1.165) is 12.8 Å². The first-order valence-electron chi connectivity index (χ1n) is 9.77. The topological polar surface area (TPSA) is 97.8 Å². The van der Waals surface area contributed by atoms with E-state index >= 15 is 0 Å². The second-order valence-electron chi connectivity index (χ2n) is 7.05. The van der Waals surface area contributed by atoms with E-state index in [1.54, 1.807) is 37.3 Å². The zero-order chi connectivity index (χ0) is 21.1. The molecule has 0 spiro atoms. The molecular weight excluding hydrogens is 426 g/mol. The van der Waals surface area contributed by atoms with Crippen LogP contribution in [0.15, 0.2) is 46.5 Å². The van der Waals surface area contributed by atoms with Crippen molar-refractivity contribution in [1.82, 2.24) is 9.29 Å². The molecule has 1 saturated heterocycles. The van der Waals surface area contributed by atoms with Gasteiger partial charge < -0.3 is 14.8 Å². The molecule has 4 rings (SSSR count). The molecule has 3 heterocycles. The number of hydrogen-bond acceptors (Lipinski definition) is 7. The number of amides is 1. The average molecular weight is 450 g/mol. The number of carbonyl (C=O) groups is 1. The zero-order valence-electron chi connectivity index (χ0n) is 16.5. The molecule has 160 valence electrons. The Balaban J connectivity index is 1.37. The smallest absolute Gasteiger partial charge is 0.244 e. The van der Waals surface area contributed by atoms with Crippen LogP contribution >= 0.6 is 11.8 Å². The first kappa shape index (κ1) is 21.0. The number of nitrogens with zero attached hydrogens (tertiary/aromatic N) is 2. The minimum atomic E-state index is -3.49. The summed E-state index contributed by atoms with van der Waals surface area (Å²) in [6.07, 6.45) is 3.13. The molecule has 1 N–H and O–H groups in total. The molecule has 8 nitrogen and oxygen atoms in total. The van der Waals surface area contributed by atoms with Crippen molar-refractivity contribution in [2.45, 2.75) is 34.9 Å². The Morgan fingerprint density at radius 2 is 1.87 bits per heavy atom. The number of aromatic nitrogens is 1. The number of hydrogen-bond donors (Lipinski definition) is 1. The van der Waals surface area contributed by atoms with Crippen LogP contribution in [-0.2, 0) is 14.8 Å². The number of carbonyl (C=O) groups excluding carboxylic acids is 1.